The SMILES string of the molecule is CC.CN=C(N)/N=C\C=C\NC1=CCC(Sc2ccncc2)C=C1. The van der Waals surface area contributed by atoms with Crippen LogP contribution >= 0.6 is 11.8 Å². The van der Waals surface area contributed by atoms with Crippen LogP contribution in [0.25, 0.3) is 0 Å². The minimum absolute atomic E-state index is 0.261. The summed E-state index contributed by atoms with van der Waals surface area (Å²) >= 11 is 1.84. The van der Waals surface area contributed by atoms with Gasteiger partial charge >= 0.3 is 0 Å². The molecule has 2 rings (SSSR count). The summed E-state index contributed by atoms with van der Waals surface area (Å²) in [7, 11) is 1.60. The number of nitrogens with zero attached hydrogens (tertiary/aromatic N) is 3. The lowest BCUT2D eigenvalue weighted by Gasteiger charge is -2.15. The predicted octanol–water partition coefficient (Wildman–Crippen LogP) is 3.53. The highest BCUT2D eigenvalue weighted by atomic mass is 32.2. The Morgan fingerprint density at radius 3 is 2.75 bits per heavy atom. The van der Waals surface area contributed by atoms with Crippen LogP contribution in [0.3, 0.4) is 0 Å². The Labute approximate surface area is 148 Å². The van der Waals surface area contributed by atoms with Crippen molar-refractivity contribution in [3.8, 4) is 0 Å². The summed E-state index contributed by atoms with van der Waals surface area (Å²) in [5.41, 5.74) is 6.52. The molecule has 0 radical (unpaired) electrons. The Morgan fingerprint density at radius 1 is 1.38 bits per heavy atom. The zero-order valence-corrected chi connectivity index (χ0v) is 15.2. The Hall–Kier alpha value is -2.34. The summed E-state index contributed by atoms with van der Waals surface area (Å²) in [4.78, 5) is 12.9. The lowest BCUT2D eigenvalue weighted by molar-refractivity contribution is 0.981. The molecule has 0 bridgehead atoms. The van der Waals surface area contributed by atoms with Crippen molar-refractivity contribution in [2.45, 2.75) is 30.4 Å². The molecule has 1 aromatic heterocycles. The van der Waals surface area contributed by atoms with Crippen LogP contribution in [0.5, 0.6) is 0 Å². The molecular formula is C18H25N5S. The molecule has 24 heavy (non-hydrogen) atoms. The average Bonchev–Trinajstić information content (AvgIpc) is 2.65. The van der Waals surface area contributed by atoms with Crippen molar-refractivity contribution in [3.63, 3.8) is 0 Å². The van der Waals surface area contributed by atoms with Crippen LogP contribution in [0, 0.1) is 0 Å². The molecule has 0 amide bonds. The second-order valence-corrected chi connectivity index (χ2v) is 5.77. The normalized spacial score (nSPS) is 17.5. The number of allylic oxidation sites excluding steroid dienone is 3. The average molecular weight is 344 g/mol. The van der Waals surface area contributed by atoms with Crippen LogP contribution in [-0.4, -0.2) is 29.5 Å². The smallest absolute Gasteiger partial charge is 0.214 e. The maximum Gasteiger partial charge on any atom is 0.214 e. The Bertz CT molecular complexity index is 618. The zero-order valence-electron chi connectivity index (χ0n) is 14.4. The third kappa shape index (κ3) is 7.78. The van der Waals surface area contributed by atoms with Crippen molar-refractivity contribution in [2.24, 2.45) is 15.7 Å². The van der Waals surface area contributed by atoms with E-state index in [2.05, 4.69) is 38.5 Å². The molecule has 1 atom stereocenters. The number of hydrogen-bond donors (Lipinski definition) is 2. The highest BCUT2D eigenvalue weighted by Gasteiger charge is 2.09. The molecule has 0 saturated carbocycles. The summed E-state index contributed by atoms with van der Waals surface area (Å²) in [5.74, 6) is 0.261. The molecule has 1 heterocycles. The van der Waals surface area contributed by atoms with Crippen molar-refractivity contribution >= 4 is 23.9 Å². The predicted molar refractivity (Wildman–Crippen MR) is 105 cm³/mol. The van der Waals surface area contributed by atoms with Crippen molar-refractivity contribution < 1.29 is 0 Å². The number of aromatic nitrogens is 1. The molecule has 0 fully saturated rings. The van der Waals surface area contributed by atoms with E-state index in [9.17, 15) is 0 Å². The molecule has 1 aromatic rings. The minimum atomic E-state index is 0.261. The quantitative estimate of drug-likeness (QED) is 0.633. The van der Waals surface area contributed by atoms with Gasteiger partial charge in [0.05, 0.1) is 0 Å². The first-order valence-electron chi connectivity index (χ1n) is 7.91. The topological polar surface area (TPSA) is 75.7 Å². The molecule has 1 aliphatic rings. The van der Waals surface area contributed by atoms with Crippen LogP contribution in [0.4, 0.5) is 0 Å². The van der Waals surface area contributed by atoms with Gasteiger partial charge in [0.2, 0.25) is 5.96 Å². The molecule has 5 nitrogen and oxygen atoms in total. The van der Waals surface area contributed by atoms with Crippen molar-refractivity contribution in [1.82, 2.24) is 10.3 Å². The minimum Gasteiger partial charge on any atom is -0.368 e. The lowest BCUT2D eigenvalue weighted by Crippen LogP contribution is -2.09. The highest BCUT2D eigenvalue weighted by Crippen LogP contribution is 2.28. The van der Waals surface area contributed by atoms with E-state index in [1.54, 1.807) is 19.3 Å². The first kappa shape index (κ1) is 19.7. The maximum absolute atomic E-state index is 5.45. The Morgan fingerprint density at radius 2 is 2.12 bits per heavy atom. The maximum atomic E-state index is 5.45. The van der Waals surface area contributed by atoms with E-state index in [1.165, 1.54) is 4.90 Å². The second-order valence-electron chi connectivity index (χ2n) is 4.46. The molecule has 0 aromatic carbocycles. The molecule has 128 valence electrons. The molecular weight excluding hydrogens is 318 g/mol. The molecule has 0 saturated heterocycles. The summed E-state index contributed by atoms with van der Waals surface area (Å²) in [5, 5.41) is 3.66. The van der Waals surface area contributed by atoms with Crippen LogP contribution in [-0.2, 0) is 0 Å². The monoisotopic (exact) mass is 343 g/mol. The van der Waals surface area contributed by atoms with Gasteiger partial charge in [-0.2, -0.15) is 0 Å². The van der Waals surface area contributed by atoms with Crippen LogP contribution < -0.4 is 11.1 Å². The largest absolute Gasteiger partial charge is 0.368 e. The van der Waals surface area contributed by atoms with Crippen molar-refractivity contribution in [1.29, 1.82) is 0 Å². The number of nitrogens with one attached hydrogen (secondary N) is 1. The van der Waals surface area contributed by atoms with Gasteiger partial charge in [-0.15, -0.1) is 11.8 Å². The van der Waals surface area contributed by atoms with Crippen LogP contribution in [0.1, 0.15) is 20.3 Å². The molecule has 1 aliphatic carbocycles. The number of rotatable bonds is 5. The van der Waals surface area contributed by atoms with E-state index >= 15 is 0 Å². The number of thioether (sulfide) groups is 1. The van der Waals surface area contributed by atoms with E-state index in [4.69, 9.17) is 5.73 Å². The standard InChI is InChI=1S/C16H19N5S.C2H6/c1-18-16(17)21-10-2-9-20-13-3-5-14(6-4-13)22-15-7-11-19-12-8-15;1-2/h2-5,7-12,14,20H,6H2,1H3,(H2,17,18);1-2H3/b9-2+,21-10-;. The van der Waals surface area contributed by atoms with Gasteiger partial charge in [0.15, 0.2) is 0 Å². The third-order valence-electron chi connectivity index (χ3n) is 2.87. The van der Waals surface area contributed by atoms with Crippen molar-refractivity contribution in [2.75, 3.05) is 7.05 Å². The number of guanidine groups is 1. The Balaban J connectivity index is 0.00000139. The summed E-state index contributed by atoms with van der Waals surface area (Å²) in [6.07, 6.45) is 16.3. The number of nitrogens with two attached hydrogens (primary N) is 1. The van der Waals surface area contributed by atoms with Gasteiger partial charge in [0, 0.05) is 47.7 Å². The molecule has 0 spiro atoms. The fourth-order valence-corrected chi connectivity index (χ4v) is 2.73. The van der Waals surface area contributed by atoms with Crippen LogP contribution in [0.2, 0.25) is 0 Å². The van der Waals surface area contributed by atoms with Gasteiger partial charge in [-0.1, -0.05) is 26.0 Å². The van der Waals surface area contributed by atoms with E-state index in [-0.39, 0.29) is 5.96 Å². The number of pyridine rings is 1. The molecule has 0 aliphatic heterocycles. The van der Waals surface area contributed by atoms with Crippen molar-refractivity contribution in [3.05, 3.63) is 60.7 Å². The van der Waals surface area contributed by atoms with Gasteiger partial charge in [0.25, 0.3) is 0 Å². The molecule has 3 N–H and O–H groups in total. The van der Waals surface area contributed by atoms with Crippen LogP contribution in [0.15, 0.2) is 75.6 Å². The first-order valence-corrected chi connectivity index (χ1v) is 8.79. The fourth-order valence-electron chi connectivity index (χ4n) is 1.75. The van der Waals surface area contributed by atoms with E-state index in [0.29, 0.717) is 5.25 Å². The van der Waals surface area contributed by atoms with Gasteiger partial charge < -0.3 is 11.1 Å². The Kier molecular flexibility index (Phi) is 9.96. The number of hydrogen-bond acceptors (Lipinski definition) is 4. The van der Waals surface area contributed by atoms with Gasteiger partial charge in [0.1, 0.15) is 0 Å². The third-order valence-corrected chi connectivity index (χ3v) is 4.06. The summed E-state index contributed by atoms with van der Waals surface area (Å²) in [6.45, 7) is 4.00. The lowest BCUT2D eigenvalue weighted by atomic mass is 10.1. The van der Waals surface area contributed by atoms with Gasteiger partial charge in [-0.3, -0.25) is 9.98 Å². The zero-order chi connectivity index (χ0) is 17.6. The fraction of sp³-hybridized carbons (Fsp3) is 0.278. The second kappa shape index (κ2) is 12.1. The molecule has 1 unspecified atom stereocenters. The van der Waals surface area contributed by atoms with E-state index in [0.717, 1.165) is 12.1 Å². The van der Waals surface area contributed by atoms with E-state index in [1.807, 2.05) is 56.3 Å². The molecule has 6 heteroatoms. The first-order chi connectivity index (χ1) is 11.8. The van der Waals surface area contributed by atoms with Gasteiger partial charge in [-0.25, -0.2) is 4.99 Å². The summed E-state index contributed by atoms with van der Waals surface area (Å²) in [6, 6.07) is 4.06. The highest BCUT2D eigenvalue weighted by molar-refractivity contribution is 8.00. The van der Waals surface area contributed by atoms with Gasteiger partial charge in [-0.05, 0) is 30.7 Å². The summed E-state index contributed by atoms with van der Waals surface area (Å²) < 4.78 is 0. The number of aliphatic imine (C=N–C) groups is 2. The van der Waals surface area contributed by atoms with E-state index < -0.39 is 0 Å².